The number of carbonyl (C=O) groups is 2. The van der Waals surface area contributed by atoms with Gasteiger partial charge in [-0.25, -0.2) is 0 Å². The van der Waals surface area contributed by atoms with Crippen LogP contribution in [-0.4, -0.2) is 37.6 Å². The van der Waals surface area contributed by atoms with Crippen LogP contribution in [0, 0.1) is 0 Å². The van der Waals surface area contributed by atoms with Gasteiger partial charge in [0.2, 0.25) is 11.8 Å². The van der Waals surface area contributed by atoms with Crippen molar-refractivity contribution in [2.45, 2.75) is 26.4 Å². The van der Waals surface area contributed by atoms with Gasteiger partial charge in [0.25, 0.3) is 0 Å². The van der Waals surface area contributed by atoms with E-state index in [1.165, 1.54) is 7.05 Å². The van der Waals surface area contributed by atoms with E-state index < -0.39 is 0 Å². The largest absolute Gasteiger partial charge is 0.366 e. The molecule has 0 aromatic rings. The van der Waals surface area contributed by atoms with E-state index in [1.807, 2.05) is 20.8 Å². The molecular weight excluding hydrogens is 184 g/mol. The normalized spacial score (nSPS) is 10.9. The van der Waals surface area contributed by atoms with Crippen LogP contribution < -0.4 is 10.6 Å². The van der Waals surface area contributed by atoms with Gasteiger partial charge in [0.1, 0.15) is 6.61 Å². The quantitative estimate of drug-likeness (QED) is 0.655. The number of rotatable bonds is 4. The molecule has 0 saturated heterocycles. The van der Waals surface area contributed by atoms with Crippen molar-refractivity contribution < 1.29 is 14.3 Å². The predicted molar refractivity (Wildman–Crippen MR) is 52.8 cm³/mol. The van der Waals surface area contributed by atoms with E-state index in [2.05, 4.69) is 10.6 Å². The number of hydrogen-bond donors (Lipinski definition) is 2. The van der Waals surface area contributed by atoms with E-state index in [4.69, 9.17) is 4.74 Å². The van der Waals surface area contributed by atoms with E-state index in [0.29, 0.717) is 0 Å². The molecule has 2 amide bonds. The maximum Gasteiger partial charge on any atom is 0.246 e. The molecule has 5 nitrogen and oxygen atoms in total. The summed E-state index contributed by atoms with van der Waals surface area (Å²) in [7, 11) is 1.51. The van der Waals surface area contributed by atoms with Crippen molar-refractivity contribution in [3.63, 3.8) is 0 Å². The van der Waals surface area contributed by atoms with Crippen LogP contribution in [0.25, 0.3) is 0 Å². The molecule has 0 fully saturated rings. The van der Waals surface area contributed by atoms with Crippen molar-refractivity contribution in [3.05, 3.63) is 0 Å². The Morgan fingerprint density at radius 1 is 1.21 bits per heavy atom. The van der Waals surface area contributed by atoms with Crippen molar-refractivity contribution in [1.82, 2.24) is 10.6 Å². The summed E-state index contributed by atoms with van der Waals surface area (Å²) < 4.78 is 5.21. The van der Waals surface area contributed by atoms with Crippen LogP contribution in [0.15, 0.2) is 0 Å². The highest BCUT2D eigenvalue weighted by Gasteiger charge is 2.12. The number of hydrogen-bond acceptors (Lipinski definition) is 3. The standard InChI is InChI=1S/C9H18N2O3/c1-9(2,3)14-6-8(13)11-5-7(12)10-4/h5-6H2,1-4H3,(H,10,12)(H,11,13). The Kier molecular flexibility index (Phi) is 5.15. The average molecular weight is 202 g/mol. The molecule has 0 rings (SSSR count). The van der Waals surface area contributed by atoms with Crippen molar-refractivity contribution >= 4 is 11.8 Å². The minimum atomic E-state index is -0.343. The van der Waals surface area contributed by atoms with Crippen LogP contribution in [0.4, 0.5) is 0 Å². The molecule has 2 N–H and O–H groups in total. The van der Waals surface area contributed by atoms with Gasteiger partial charge in [-0.3, -0.25) is 9.59 Å². The SMILES string of the molecule is CNC(=O)CNC(=O)COC(C)(C)C. The molecule has 0 aliphatic rings. The number of carbonyl (C=O) groups excluding carboxylic acids is 2. The van der Waals surface area contributed by atoms with Crippen LogP contribution in [0.2, 0.25) is 0 Å². The average Bonchev–Trinajstić information content (AvgIpc) is 2.09. The summed E-state index contributed by atoms with van der Waals surface area (Å²) in [6.45, 7) is 5.54. The zero-order valence-electron chi connectivity index (χ0n) is 9.14. The molecule has 82 valence electrons. The maximum atomic E-state index is 11.1. The van der Waals surface area contributed by atoms with E-state index in [0.717, 1.165) is 0 Å². The van der Waals surface area contributed by atoms with Gasteiger partial charge >= 0.3 is 0 Å². The van der Waals surface area contributed by atoms with Gasteiger partial charge in [-0.15, -0.1) is 0 Å². The lowest BCUT2D eigenvalue weighted by Crippen LogP contribution is -2.38. The maximum absolute atomic E-state index is 11.1. The molecule has 0 aromatic carbocycles. The second kappa shape index (κ2) is 5.59. The Hall–Kier alpha value is -1.10. The molecule has 0 aliphatic carbocycles. The van der Waals surface area contributed by atoms with Gasteiger partial charge < -0.3 is 15.4 Å². The first kappa shape index (κ1) is 12.9. The number of nitrogens with one attached hydrogen (secondary N) is 2. The summed E-state index contributed by atoms with van der Waals surface area (Å²) in [5, 5.41) is 4.83. The molecule has 0 atom stereocenters. The van der Waals surface area contributed by atoms with Crippen molar-refractivity contribution in [2.24, 2.45) is 0 Å². The van der Waals surface area contributed by atoms with E-state index >= 15 is 0 Å². The van der Waals surface area contributed by atoms with Crippen LogP contribution >= 0.6 is 0 Å². The molecule has 14 heavy (non-hydrogen) atoms. The smallest absolute Gasteiger partial charge is 0.246 e. The first-order chi connectivity index (χ1) is 6.35. The van der Waals surface area contributed by atoms with Crippen LogP contribution in [0.5, 0.6) is 0 Å². The first-order valence-corrected chi connectivity index (χ1v) is 4.46. The number of ether oxygens (including phenoxy) is 1. The third kappa shape index (κ3) is 7.54. The number of amides is 2. The summed E-state index contributed by atoms with van der Waals surface area (Å²) in [6, 6.07) is 0. The highest BCUT2D eigenvalue weighted by Crippen LogP contribution is 2.05. The second-order valence-corrected chi connectivity index (χ2v) is 3.85. The monoisotopic (exact) mass is 202 g/mol. The Bertz CT molecular complexity index is 209. The van der Waals surface area contributed by atoms with Gasteiger partial charge in [0.05, 0.1) is 12.1 Å². The third-order valence-electron chi connectivity index (χ3n) is 1.36. The van der Waals surface area contributed by atoms with E-state index in [1.54, 1.807) is 0 Å². The number of likely N-dealkylation sites (N-methyl/N-ethyl adjacent to an activating group) is 1. The lowest BCUT2D eigenvalue weighted by Gasteiger charge is -2.18. The minimum absolute atomic E-state index is 0.0111. The van der Waals surface area contributed by atoms with E-state index in [-0.39, 0.29) is 30.6 Å². The summed E-state index contributed by atoms with van der Waals surface area (Å²) in [5.41, 5.74) is -0.343. The fourth-order valence-corrected chi connectivity index (χ4v) is 0.600. The fourth-order valence-electron chi connectivity index (χ4n) is 0.600. The Labute approximate surface area is 84.2 Å². The van der Waals surface area contributed by atoms with E-state index in [9.17, 15) is 9.59 Å². The molecule has 0 saturated carbocycles. The summed E-state index contributed by atoms with van der Waals surface area (Å²) >= 11 is 0. The third-order valence-corrected chi connectivity index (χ3v) is 1.36. The fraction of sp³-hybridized carbons (Fsp3) is 0.778. The van der Waals surface area contributed by atoms with Crippen molar-refractivity contribution in [3.8, 4) is 0 Å². The molecular formula is C9H18N2O3. The summed E-state index contributed by atoms with van der Waals surface area (Å²) in [6.07, 6.45) is 0. The van der Waals surface area contributed by atoms with Gasteiger partial charge in [0, 0.05) is 7.05 Å². The zero-order chi connectivity index (χ0) is 11.2. The highest BCUT2D eigenvalue weighted by atomic mass is 16.5. The minimum Gasteiger partial charge on any atom is -0.366 e. The lowest BCUT2D eigenvalue weighted by atomic mass is 10.2. The molecule has 0 aliphatic heterocycles. The van der Waals surface area contributed by atoms with Gasteiger partial charge in [-0.1, -0.05) is 0 Å². The topological polar surface area (TPSA) is 67.4 Å². The zero-order valence-corrected chi connectivity index (χ0v) is 9.14. The first-order valence-electron chi connectivity index (χ1n) is 4.46. The highest BCUT2D eigenvalue weighted by molar-refractivity contribution is 5.84. The van der Waals surface area contributed by atoms with Crippen LogP contribution in [0.1, 0.15) is 20.8 Å². The van der Waals surface area contributed by atoms with Gasteiger partial charge in [-0.05, 0) is 20.8 Å². The van der Waals surface area contributed by atoms with Crippen molar-refractivity contribution in [1.29, 1.82) is 0 Å². The van der Waals surface area contributed by atoms with Crippen molar-refractivity contribution in [2.75, 3.05) is 20.2 Å². The molecule has 0 bridgehead atoms. The molecule has 0 radical (unpaired) electrons. The predicted octanol–water partition coefficient (Wildman–Crippen LogP) is -0.336. The molecule has 0 spiro atoms. The van der Waals surface area contributed by atoms with Crippen LogP contribution in [0.3, 0.4) is 0 Å². The molecule has 0 aromatic heterocycles. The van der Waals surface area contributed by atoms with Crippen LogP contribution in [-0.2, 0) is 14.3 Å². The Balaban J connectivity index is 3.62. The molecule has 0 unspecified atom stereocenters. The molecule has 0 heterocycles. The van der Waals surface area contributed by atoms with Gasteiger partial charge in [-0.2, -0.15) is 0 Å². The summed E-state index contributed by atoms with van der Waals surface area (Å²) in [5.74, 6) is -0.516. The lowest BCUT2D eigenvalue weighted by molar-refractivity contribution is -0.132. The Morgan fingerprint density at radius 3 is 2.21 bits per heavy atom. The molecule has 5 heteroatoms. The second-order valence-electron chi connectivity index (χ2n) is 3.85. The van der Waals surface area contributed by atoms with Gasteiger partial charge in [0.15, 0.2) is 0 Å². The Morgan fingerprint density at radius 2 is 1.79 bits per heavy atom. The summed E-state index contributed by atoms with van der Waals surface area (Å²) in [4.78, 5) is 21.8.